The fourth-order valence-electron chi connectivity index (χ4n) is 5.69. The highest BCUT2D eigenvalue weighted by atomic mass is 16.2. The van der Waals surface area contributed by atoms with Gasteiger partial charge in [-0.2, -0.15) is 0 Å². The van der Waals surface area contributed by atoms with Crippen LogP contribution < -0.4 is 11.0 Å². The van der Waals surface area contributed by atoms with Crippen LogP contribution in [0.1, 0.15) is 16.8 Å². The molecule has 182 valence electrons. The minimum atomic E-state index is -0.875. The summed E-state index contributed by atoms with van der Waals surface area (Å²) in [6, 6.07) is 20.8. The van der Waals surface area contributed by atoms with Crippen LogP contribution in [0.2, 0.25) is 0 Å². The summed E-state index contributed by atoms with van der Waals surface area (Å²) in [4.78, 5) is 49.1. The standard InChI is InChI=1S/C28H22N6O3/c1-32-26(36)31-25(35)28(32)14-18-12-17-9-10-20(30-21(17)13-19(18)15-28)16-33-22-6-2-3-7-23(22)34(27(33)37)24-8-4-5-11-29-24/h2-13H,14-16H2,1H3,(H,31,35,36)/t28-/m1/s1. The largest absolute Gasteiger partial charge is 0.335 e. The van der Waals surface area contributed by atoms with E-state index in [0.717, 1.165) is 38.8 Å². The number of nitrogens with zero attached hydrogens (tertiary/aromatic N) is 5. The fraction of sp³-hybridized carbons (Fsp3) is 0.179. The van der Waals surface area contributed by atoms with Crippen LogP contribution in [-0.2, 0) is 24.2 Å². The molecule has 3 aromatic heterocycles. The summed E-state index contributed by atoms with van der Waals surface area (Å²) < 4.78 is 3.33. The first kappa shape index (κ1) is 21.5. The molecule has 7 rings (SSSR count). The number of likely N-dealkylation sites (N-methyl/N-ethyl adjacent to an activating group) is 1. The number of hydrogen-bond acceptors (Lipinski definition) is 5. The molecule has 4 heterocycles. The second-order valence-corrected chi connectivity index (χ2v) is 9.70. The molecule has 0 saturated carbocycles. The highest BCUT2D eigenvalue weighted by molar-refractivity contribution is 6.08. The number of para-hydroxylation sites is 2. The Balaban J connectivity index is 1.28. The molecule has 1 aliphatic heterocycles. The lowest BCUT2D eigenvalue weighted by Gasteiger charge is -2.27. The smallest absolute Gasteiger partial charge is 0.312 e. The Bertz CT molecular complexity index is 1820. The van der Waals surface area contributed by atoms with Crippen molar-refractivity contribution in [2.75, 3.05) is 7.05 Å². The van der Waals surface area contributed by atoms with Crippen molar-refractivity contribution in [1.82, 2.24) is 29.3 Å². The molecule has 1 spiro atoms. The summed E-state index contributed by atoms with van der Waals surface area (Å²) in [7, 11) is 1.67. The Labute approximate surface area is 211 Å². The first-order valence-electron chi connectivity index (χ1n) is 12.1. The zero-order valence-electron chi connectivity index (χ0n) is 20.0. The summed E-state index contributed by atoms with van der Waals surface area (Å²) in [5.41, 5.74) is 4.13. The highest BCUT2D eigenvalue weighted by Gasteiger charge is 2.54. The molecule has 2 aliphatic rings. The molecule has 3 amide bonds. The molecule has 1 saturated heterocycles. The van der Waals surface area contributed by atoms with Crippen molar-refractivity contribution < 1.29 is 9.59 Å². The fourth-order valence-corrected chi connectivity index (χ4v) is 5.69. The van der Waals surface area contributed by atoms with Gasteiger partial charge in [0, 0.05) is 31.5 Å². The van der Waals surface area contributed by atoms with Gasteiger partial charge in [-0.05, 0) is 53.6 Å². The van der Waals surface area contributed by atoms with E-state index in [4.69, 9.17) is 4.98 Å². The van der Waals surface area contributed by atoms with Crippen LogP contribution in [0.5, 0.6) is 0 Å². The summed E-state index contributed by atoms with van der Waals surface area (Å²) in [6.07, 6.45) is 2.61. The van der Waals surface area contributed by atoms with Gasteiger partial charge in [-0.3, -0.25) is 19.7 Å². The lowest BCUT2D eigenvalue weighted by Crippen LogP contribution is -2.48. The van der Waals surface area contributed by atoms with Gasteiger partial charge in [0.1, 0.15) is 11.4 Å². The lowest BCUT2D eigenvalue weighted by molar-refractivity contribution is -0.125. The average Bonchev–Trinajstić information content (AvgIpc) is 3.49. The maximum absolute atomic E-state index is 13.5. The number of pyridine rings is 2. The Morgan fingerprint density at radius 3 is 2.41 bits per heavy atom. The maximum atomic E-state index is 13.5. The Kier molecular flexibility index (Phi) is 4.42. The topological polar surface area (TPSA) is 102 Å². The van der Waals surface area contributed by atoms with Crippen molar-refractivity contribution in [2.24, 2.45) is 0 Å². The number of rotatable bonds is 3. The molecule has 0 bridgehead atoms. The Morgan fingerprint density at radius 2 is 1.68 bits per heavy atom. The number of benzene rings is 2. The molecule has 0 unspecified atom stereocenters. The van der Waals surface area contributed by atoms with Gasteiger partial charge in [0.2, 0.25) is 0 Å². The number of fused-ring (bicyclic) bond motifs is 3. The van der Waals surface area contributed by atoms with Crippen molar-refractivity contribution in [2.45, 2.75) is 24.9 Å². The van der Waals surface area contributed by atoms with Crippen LogP contribution in [-0.4, -0.2) is 48.5 Å². The molecule has 0 radical (unpaired) electrons. The van der Waals surface area contributed by atoms with Crippen molar-refractivity contribution >= 4 is 33.9 Å². The molecule has 1 aliphatic carbocycles. The van der Waals surface area contributed by atoms with Gasteiger partial charge in [0.05, 0.1) is 28.8 Å². The van der Waals surface area contributed by atoms with Gasteiger partial charge < -0.3 is 4.90 Å². The van der Waals surface area contributed by atoms with E-state index in [0.29, 0.717) is 25.2 Å². The molecule has 1 atom stereocenters. The molecule has 1 fully saturated rings. The van der Waals surface area contributed by atoms with E-state index in [1.165, 1.54) is 4.90 Å². The maximum Gasteiger partial charge on any atom is 0.335 e. The number of carbonyl (C=O) groups is 2. The van der Waals surface area contributed by atoms with Crippen LogP contribution in [0.15, 0.2) is 77.7 Å². The normalized spacial score (nSPS) is 18.8. The summed E-state index contributed by atoms with van der Waals surface area (Å²) >= 11 is 0. The zero-order chi connectivity index (χ0) is 25.3. The Morgan fingerprint density at radius 1 is 0.919 bits per heavy atom. The van der Waals surface area contributed by atoms with Crippen molar-refractivity contribution in [3.05, 3.63) is 100 Å². The summed E-state index contributed by atoms with van der Waals surface area (Å²) in [6.45, 7) is 0.301. The van der Waals surface area contributed by atoms with Gasteiger partial charge in [-0.1, -0.05) is 24.3 Å². The van der Waals surface area contributed by atoms with E-state index in [9.17, 15) is 14.4 Å². The van der Waals surface area contributed by atoms with Gasteiger partial charge in [0.25, 0.3) is 5.91 Å². The minimum Gasteiger partial charge on any atom is -0.312 e. The van der Waals surface area contributed by atoms with E-state index in [2.05, 4.69) is 16.4 Å². The number of amides is 3. The lowest BCUT2D eigenvalue weighted by atomic mass is 9.95. The van der Waals surface area contributed by atoms with Crippen LogP contribution in [0.4, 0.5) is 4.79 Å². The van der Waals surface area contributed by atoms with E-state index in [1.807, 2.05) is 60.7 Å². The third-order valence-corrected chi connectivity index (χ3v) is 7.66. The quantitative estimate of drug-likeness (QED) is 0.392. The monoisotopic (exact) mass is 490 g/mol. The predicted molar refractivity (Wildman–Crippen MR) is 138 cm³/mol. The van der Waals surface area contributed by atoms with E-state index < -0.39 is 5.54 Å². The van der Waals surface area contributed by atoms with Crippen LogP contribution >= 0.6 is 0 Å². The van der Waals surface area contributed by atoms with Crippen LogP contribution in [0.25, 0.3) is 27.8 Å². The third-order valence-electron chi connectivity index (χ3n) is 7.66. The van der Waals surface area contributed by atoms with Gasteiger partial charge in [-0.15, -0.1) is 0 Å². The number of imidazole rings is 1. The minimum absolute atomic E-state index is 0.183. The first-order valence-corrected chi connectivity index (χ1v) is 12.1. The molecule has 9 nitrogen and oxygen atoms in total. The summed E-state index contributed by atoms with van der Waals surface area (Å²) in [5, 5.41) is 3.39. The van der Waals surface area contributed by atoms with E-state index >= 15 is 0 Å². The second-order valence-electron chi connectivity index (χ2n) is 9.70. The van der Waals surface area contributed by atoms with E-state index in [-0.39, 0.29) is 17.6 Å². The molecule has 37 heavy (non-hydrogen) atoms. The molecular formula is C28H22N6O3. The van der Waals surface area contributed by atoms with Crippen molar-refractivity contribution in [3.8, 4) is 5.82 Å². The average molecular weight is 491 g/mol. The molecular weight excluding hydrogens is 468 g/mol. The number of nitrogens with one attached hydrogen (secondary N) is 1. The Hall–Kier alpha value is -4.79. The molecule has 5 aromatic rings. The van der Waals surface area contributed by atoms with Gasteiger partial charge >= 0.3 is 11.7 Å². The number of aromatic nitrogens is 4. The molecule has 2 aromatic carbocycles. The zero-order valence-corrected chi connectivity index (χ0v) is 20.0. The predicted octanol–water partition coefficient (Wildman–Crippen LogP) is 2.80. The van der Waals surface area contributed by atoms with Crippen molar-refractivity contribution in [3.63, 3.8) is 0 Å². The van der Waals surface area contributed by atoms with Gasteiger partial charge in [-0.25, -0.2) is 19.1 Å². The summed E-state index contributed by atoms with van der Waals surface area (Å²) in [5.74, 6) is 0.315. The number of hydrogen-bond donors (Lipinski definition) is 1. The molecule has 9 heteroatoms. The second kappa shape index (κ2) is 7.60. The van der Waals surface area contributed by atoms with Crippen LogP contribution in [0, 0.1) is 0 Å². The first-order chi connectivity index (χ1) is 17.9. The highest BCUT2D eigenvalue weighted by Crippen LogP contribution is 2.38. The number of urea groups is 1. The molecule has 1 N–H and O–H groups in total. The van der Waals surface area contributed by atoms with E-state index in [1.54, 1.807) is 22.4 Å². The van der Waals surface area contributed by atoms with Crippen LogP contribution in [0.3, 0.4) is 0 Å². The van der Waals surface area contributed by atoms with Gasteiger partial charge in [0.15, 0.2) is 0 Å². The van der Waals surface area contributed by atoms with Crippen molar-refractivity contribution in [1.29, 1.82) is 0 Å². The SMILES string of the molecule is CN1C(=O)NC(=O)[C@]12Cc1cc3ccc(Cn4c(=O)n(-c5ccccn5)c5ccccc54)nc3cc1C2. The third kappa shape index (κ3) is 3.07. The number of carbonyl (C=O) groups excluding carboxylic acids is 2. The number of imide groups is 1.